The van der Waals surface area contributed by atoms with Gasteiger partial charge in [0.1, 0.15) is 24.7 Å². The number of aryl methyl sites for hydroxylation is 1. The van der Waals surface area contributed by atoms with Crippen molar-refractivity contribution in [2.75, 3.05) is 13.2 Å². The maximum Gasteiger partial charge on any atom is 0.253 e. The SMILES string of the molecule is Cc1cc(C(=O)NCc2ncccc2O)c(C)n1-c1ccc2c(c1)OCCO2. The standard InChI is InChI=1S/C21H21N3O4/c1-13-10-16(21(26)23-12-17-18(25)4-3-7-22-17)14(2)24(13)15-5-6-19-20(11-15)28-9-8-27-19/h3-7,10-11,25H,8-9,12H2,1-2H3,(H,23,26). The Bertz CT molecular complexity index is 1040. The van der Waals surface area contributed by atoms with Gasteiger partial charge in [0.25, 0.3) is 5.91 Å². The molecule has 0 spiro atoms. The lowest BCUT2D eigenvalue weighted by molar-refractivity contribution is 0.0949. The smallest absolute Gasteiger partial charge is 0.253 e. The van der Waals surface area contributed by atoms with E-state index < -0.39 is 0 Å². The van der Waals surface area contributed by atoms with Gasteiger partial charge in [-0.25, -0.2) is 0 Å². The first-order valence-corrected chi connectivity index (χ1v) is 9.04. The Labute approximate surface area is 162 Å². The number of hydrogen-bond donors (Lipinski definition) is 2. The summed E-state index contributed by atoms with van der Waals surface area (Å²) >= 11 is 0. The lowest BCUT2D eigenvalue weighted by atomic mass is 10.2. The zero-order valence-electron chi connectivity index (χ0n) is 15.7. The van der Waals surface area contributed by atoms with Crippen LogP contribution in [0, 0.1) is 13.8 Å². The second-order valence-electron chi connectivity index (χ2n) is 6.60. The summed E-state index contributed by atoms with van der Waals surface area (Å²) in [5.74, 6) is 1.27. The first-order chi connectivity index (χ1) is 13.5. The Morgan fingerprint density at radius 3 is 2.75 bits per heavy atom. The van der Waals surface area contributed by atoms with Gasteiger partial charge in [0.15, 0.2) is 11.5 Å². The quantitative estimate of drug-likeness (QED) is 0.728. The predicted octanol–water partition coefficient (Wildman–Crippen LogP) is 2.90. The van der Waals surface area contributed by atoms with E-state index in [1.165, 1.54) is 0 Å². The summed E-state index contributed by atoms with van der Waals surface area (Å²) in [5, 5.41) is 12.6. The molecule has 0 unspecified atom stereocenters. The van der Waals surface area contributed by atoms with E-state index in [2.05, 4.69) is 10.3 Å². The third kappa shape index (κ3) is 3.26. The van der Waals surface area contributed by atoms with Crippen LogP contribution in [-0.2, 0) is 6.54 Å². The van der Waals surface area contributed by atoms with Gasteiger partial charge in [0.05, 0.1) is 12.1 Å². The average Bonchev–Trinajstić information content (AvgIpc) is 3.01. The van der Waals surface area contributed by atoms with Crippen LogP contribution < -0.4 is 14.8 Å². The fourth-order valence-corrected chi connectivity index (χ4v) is 3.39. The molecule has 0 saturated heterocycles. The van der Waals surface area contributed by atoms with Gasteiger partial charge in [-0.15, -0.1) is 0 Å². The first-order valence-electron chi connectivity index (χ1n) is 9.04. The van der Waals surface area contributed by atoms with Crippen LogP contribution in [0.1, 0.15) is 27.4 Å². The van der Waals surface area contributed by atoms with E-state index in [1.807, 2.05) is 42.7 Å². The van der Waals surface area contributed by atoms with Crippen molar-refractivity contribution in [2.24, 2.45) is 0 Å². The third-order valence-corrected chi connectivity index (χ3v) is 4.74. The molecular formula is C21H21N3O4. The van der Waals surface area contributed by atoms with E-state index in [4.69, 9.17) is 9.47 Å². The minimum absolute atomic E-state index is 0.0598. The van der Waals surface area contributed by atoms with Crippen molar-refractivity contribution in [1.82, 2.24) is 14.9 Å². The van der Waals surface area contributed by atoms with E-state index in [-0.39, 0.29) is 18.2 Å². The number of carbonyl (C=O) groups excluding carboxylic acids is 1. The average molecular weight is 379 g/mol. The molecule has 0 radical (unpaired) electrons. The minimum atomic E-state index is -0.220. The van der Waals surface area contributed by atoms with Gasteiger partial charge in [0.2, 0.25) is 0 Å². The van der Waals surface area contributed by atoms with Crippen molar-refractivity contribution in [2.45, 2.75) is 20.4 Å². The molecule has 0 bridgehead atoms. The Morgan fingerprint density at radius 1 is 1.18 bits per heavy atom. The number of fused-ring (bicyclic) bond motifs is 1. The van der Waals surface area contributed by atoms with Crippen molar-refractivity contribution in [3.63, 3.8) is 0 Å². The molecule has 0 saturated carbocycles. The van der Waals surface area contributed by atoms with Crippen LogP contribution in [0.3, 0.4) is 0 Å². The Balaban J connectivity index is 1.59. The molecule has 0 fully saturated rings. The number of pyridine rings is 1. The normalized spacial score (nSPS) is 12.6. The molecule has 1 aliphatic rings. The maximum atomic E-state index is 12.7. The van der Waals surface area contributed by atoms with Gasteiger partial charge >= 0.3 is 0 Å². The number of benzene rings is 1. The van der Waals surface area contributed by atoms with Crippen LogP contribution in [0.15, 0.2) is 42.6 Å². The Hall–Kier alpha value is -3.48. The van der Waals surface area contributed by atoms with Crippen LogP contribution in [0.5, 0.6) is 17.2 Å². The summed E-state index contributed by atoms with van der Waals surface area (Å²) in [5.41, 5.74) is 3.65. The van der Waals surface area contributed by atoms with Gasteiger partial charge in [-0.1, -0.05) is 0 Å². The number of hydrogen-bond acceptors (Lipinski definition) is 5. The molecular weight excluding hydrogens is 358 g/mol. The number of carbonyl (C=O) groups is 1. The molecule has 1 aliphatic heterocycles. The molecule has 28 heavy (non-hydrogen) atoms. The zero-order chi connectivity index (χ0) is 19.7. The predicted molar refractivity (Wildman–Crippen MR) is 103 cm³/mol. The summed E-state index contributed by atoms with van der Waals surface area (Å²) in [6, 6.07) is 10.8. The van der Waals surface area contributed by atoms with E-state index in [0.29, 0.717) is 30.2 Å². The lowest BCUT2D eigenvalue weighted by Crippen LogP contribution is -2.23. The molecule has 0 atom stereocenters. The molecule has 2 aromatic heterocycles. The minimum Gasteiger partial charge on any atom is -0.506 e. The Kier molecular flexibility index (Phi) is 4.65. The van der Waals surface area contributed by atoms with Gasteiger partial charge in [-0.2, -0.15) is 0 Å². The van der Waals surface area contributed by atoms with Gasteiger partial charge < -0.3 is 24.5 Å². The molecule has 0 aliphatic carbocycles. The van der Waals surface area contributed by atoms with Crippen LogP contribution >= 0.6 is 0 Å². The van der Waals surface area contributed by atoms with Crippen molar-refractivity contribution < 1.29 is 19.4 Å². The second-order valence-corrected chi connectivity index (χ2v) is 6.60. The highest BCUT2D eigenvalue weighted by atomic mass is 16.6. The molecule has 7 heteroatoms. The summed E-state index contributed by atoms with van der Waals surface area (Å²) in [4.78, 5) is 16.8. The lowest BCUT2D eigenvalue weighted by Gasteiger charge is -2.20. The number of nitrogens with one attached hydrogen (secondary N) is 1. The highest BCUT2D eigenvalue weighted by Gasteiger charge is 2.19. The molecule has 1 amide bonds. The van der Waals surface area contributed by atoms with Crippen LogP contribution in [0.25, 0.3) is 5.69 Å². The number of nitrogens with zero attached hydrogens (tertiary/aromatic N) is 2. The molecule has 144 valence electrons. The van der Waals surface area contributed by atoms with Gasteiger partial charge in [0, 0.05) is 29.3 Å². The van der Waals surface area contributed by atoms with Crippen LogP contribution in [0.2, 0.25) is 0 Å². The number of ether oxygens (including phenoxy) is 2. The van der Waals surface area contributed by atoms with E-state index in [0.717, 1.165) is 22.8 Å². The highest BCUT2D eigenvalue weighted by Crippen LogP contribution is 2.33. The summed E-state index contributed by atoms with van der Waals surface area (Å²) in [7, 11) is 0. The number of rotatable bonds is 4. The fraction of sp³-hybridized carbons (Fsp3) is 0.238. The Morgan fingerprint density at radius 2 is 1.96 bits per heavy atom. The molecule has 4 rings (SSSR count). The molecule has 3 aromatic rings. The topological polar surface area (TPSA) is 85.6 Å². The number of aromatic hydroxyl groups is 1. The van der Waals surface area contributed by atoms with E-state index >= 15 is 0 Å². The summed E-state index contributed by atoms with van der Waals surface area (Å²) in [6.45, 7) is 5.07. The number of aromatic nitrogens is 2. The highest BCUT2D eigenvalue weighted by molar-refractivity contribution is 5.95. The van der Waals surface area contributed by atoms with E-state index in [9.17, 15) is 9.90 Å². The fourth-order valence-electron chi connectivity index (χ4n) is 3.39. The van der Waals surface area contributed by atoms with Crippen LogP contribution in [0.4, 0.5) is 0 Å². The zero-order valence-corrected chi connectivity index (χ0v) is 15.7. The maximum absolute atomic E-state index is 12.7. The molecule has 2 N–H and O–H groups in total. The largest absolute Gasteiger partial charge is 0.506 e. The molecule has 1 aromatic carbocycles. The third-order valence-electron chi connectivity index (χ3n) is 4.74. The first kappa shape index (κ1) is 17.9. The van der Waals surface area contributed by atoms with Crippen LogP contribution in [-0.4, -0.2) is 33.8 Å². The molecule has 7 nitrogen and oxygen atoms in total. The second kappa shape index (κ2) is 7.26. The summed E-state index contributed by atoms with van der Waals surface area (Å²) in [6.07, 6.45) is 1.58. The van der Waals surface area contributed by atoms with Crippen molar-refractivity contribution in [3.05, 3.63) is 65.2 Å². The van der Waals surface area contributed by atoms with Gasteiger partial charge in [-0.05, 0) is 44.2 Å². The van der Waals surface area contributed by atoms with Crippen molar-refractivity contribution in [1.29, 1.82) is 0 Å². The summed E-state index contributed by atoms with van der Waals surface area (Å²) < 4.78 is 13.3. The van der Waals surface area contributed by atoms with Crippen molar-refractivity contribution >= 4 is 5.91 Å². The number of amides is 1. The monoisotopic (exact) mass is 379 g/mol. The van der Waals surface area contributed by atoms with Crippen molar-refractivity contribution in [3.8, 4) is 22.9 Å². The van der Waals surface area contributed by atoms with Gasteiger partial charge in [-0.3, -0.25) is 9.78 Å². The van der Waals surface area contributed by atoms with E-state index in [1.54, 1.807) is 18.3 Å². The molecule has 3 heterocycles.